The fourth-order valence-electron chi connectivity index (χ4n) is 1.69. The minimum Gasteiger partial charge on any atom is -0.376 e. The van der Waals surface area contributed by atoms with Crippen LogP contribution in [0.5, 0.6) is 0 Å². The Bertz CT molecular complexity index is 230. The molecule has 2 aliphatic heterocycles. The molecule has 5 heteroatoms. The van der Waals surface area contributed by atoms with Crippen molar-refractivity contribution in [2.75, 3.05) is 46.2 Å². The lowest BCUT2D eigenvalue weighted by atomic mass is 10.3. The number of ether oxygens (including phenoxy) is 5. The summed E-state index contributed by atoms with van der Waals surface area (Å²) >= 11 is 0. The van der Waals surface area contributed by atoms with Gasteiger partial charge in [0.1, 0.15) is 18.3 Å². The van der Waals surface area contributed by atoms with Gasteiger partial charge in [0.15, 0.2) is 0 Å². The van der Waals surface area contributed by atoms with Gasteiger partial charge in [-0.25, -0.2) is 0 Å². The van der Waals surface area contributed by atoms with Gasteiger partial charge in [-0.05, 0) is 18.8 Å². The van der Waals surface area contributed by atoms with Crippen LogP contribution in [0.15, 0.2) is 0 Å². The molecule has 2 unspecified atom stereocenters. The molecule has 1 aliphatic carbocycles. The summed E-state index contributed by atoms with van der Waals surface area (Å²) in [5, 5.41) is 0. The van der Waals surface area contributed by atoms with Gasteiger partial charge in [0.2, 0.25) is 0 Å². The zero-order valence-electron chi connectivity index (χ0n) is 10.7. The van der Waals surface area contributed by atoms with E-state index in [0.717, 1.165) is 25.7 Å². The molecule has 3 rings (SSSR count). The monoisotopic (exact) mass is 258 g/mol. The number of hydrogen-bond donors (Lipinski definition) is 0. The van der Waals surface area contributed by atoms with Crippen LogP contribution < -0.4 is 0 Å². The Kier molecular flexibility index (Phi) is 4.49. The van der Waals surface area contributed by atoms with Crippen LogP contribution in [0.4, 0.5) is 0 Å². The summed E-state index contributed by atoms with van der Waals surface area (Å²) in [6.45, 7) is 5.06. The molecule has 2 saturated heterocycles. The second-order valence-corrected chi connectivity index (χ2v) is 5.38. The zero-order chi connectivity index (χ0) is 12.2. The Morgan fingerprint density at radius 1 is 0.889 bits per heavy atom. The van der Waals surface area contributed by atoms with Gasteiger partial charge in [-0.2, -0.15) is 0 Å². The van der Waals surface area contributed by atoms with Gasteiger partial charge in [0.05, 0.1) is 39.6 Å². The predicted molar refractivity (Wildman–Crippen MR) is 63.6 cm³/mol. The van der Waals surface area contributed by atoms with E-state index in [2.05, 4.69) is 0 Å². The predicted octanol–water partition coefficient (Wildman–Crippen LogP) is 0.612. The maximum Gasteiger partial charge on any atom is 0.104 e. The summed E-state index contributed by atoms with van der Waals surface area (Å²) < 4.78 is 27.2. The molecule has 5 nitrogen and oxygen atoms in total. The van der Waals surface area contributed by atoms with Gasteiger partial charge in [0, 0.05) is 6.61 Å². The van der Waals surface area contributed by atoms with Crippen LogP contribution in [-0.4, -0.2) is 64.6 Å². The Morgan fingerprint density at radius 2 is 1.44 bits per heavy atom. The van der Waals surface area contributed by atoms with Gasteiger partial charge >= 0.3 is 0 Å². The fraction of sp³-hybridized carbons (Fsp3) is 1.00. The number of hydrogen-bond acceptors (Lipinski definition) is 5. The second kappa shape index (κ2) is 6.30. The van der Waals surface area contributed by atoms with Crippen molar-refractivity contribution in [1.82, 2.24) is 0 Å². The first-order valence-corrected chi connectivity index (χ1v) is 6.90. The average molecular weight is 258 g/mol. The van der Waals surface area contributed by atoms with Crippen LogP contribution >= 0.6 is 0 Å². The van der Waals surface area contributed by atoms with Crippen molar-refractivity contribution < 1.29 is 23.7 Å². The van der Waals surface area contributed by atoms with Crippen LogP contribution in [0.25, 0.3) is 0 Å². The van der Waals surface area contributed by atoms with Crippen molar-refractivity contribution in [1.29, 1.82) is 0 Å². The first-order chi connectivity index (χ1) is 8.90. The van der Waals surface area contributed by atoms with Gasteiger partial charge in [0.25, 0.3) is 0 Å². The third kappa shape index (κ3) is 5.20. The minimum atomic E-state index is 0.0445. The normalized spacial score (nSPS) is 31.3. The molecule has 0 radical (unpaired) electrons. The molecule has 0 aromatic heterocycles. The van der Waals surface area contributed by atoms with Crippen molar-refractivity contribution in [2.45, 2.75) is 31.2 Å². The van der Waals surface area contributed by atoms with E-state index >= 15 is 0 Å². The van der Waals surface area contributed by atoms with Crippen molar-refractivity contribution in [3.63, 3.8) is 0 Å². The molecule has 2 atom stereocenters. The average Bonchev–Trinajstić information content (AvgIpc) is 3.23. The number of epoxide rings is 2. The first-order valence-electron chi connectivity index (χ1n) is 6.90. The van der Waals surface area contributed by atoms with E-state index in [9.17, 15) is 0 Å². The molecule has 0 aromatic rings. The van der Waals surface area contributed by atoms with E-state index in [1.54, 1.807) is 0 Å². The second-order valence-electron chi connectivity index (χ2n) is 5.38. The van der Waals surface area contributed by atoms with Crippen LogP contribution in [0.2, 0.25) is 0 Å². The lowest BCUT2D eigenvalue weighted by Crippen LogP contribution is -2.28. The molecule has 18 heavy (non-hydrogen) atoms. The van der Waals surface area contributed by atoms with Crippen LogP contribution in [0.3, 0.4) is 0 Å². The fourth-order valence-corrected chi connectivity index (χ4v) is 1.69. The van der Waals surface area contributed by atoms with Crippen molar-refractivity contribution in [2.24, 2.45) is 5.92 Å². The SMILES string of the molecule is C1CC1COC(COCC1CO1)COCC1CO1. The number of rotatable bonds is 11. The highest BCUT2D eigenvalue weighted by Gasteiger charge is 2.26. The van der Waals surface area contributed by atoms with E-state index in [0.29, 0.717) is 38.6 Å². The quantitative estimate of drug-likeness (QED) is 0.508. The van der Waals surface area contributed by atoms with Crippen LogP contribution in [-0.2, 0) is 23.7 Å². The largest absolute Gasteiger partial charge is 0.376 e. The van der Waals surface area contributed by atoms with E-state index in [1.165, 1.54) is 12.8 Å². The smallest absolute Gasteiger partial charge is 0.104 e. The van der Waals surface area contributed by atoms with Gasteiger partial charge in [-0.3, -0.25) is 0 Å². The van der Waals surface area contributed by atoms with E-state index in [-0.39, 0.29) is 6.10 Å². The van der Waals surface area contributed by atoms with Crippen molar-refractivity contribution in [3.05, 3.63) is 0 Å². The molecule has 0 N–H and O–H groups in total. The molecular weight excluding hydrogens is 236 g/mol. The van der Waals surface area contributed by atoms with Gasteiger partial charge in [-0.1, -0.05) is 0 Å². The molecule has 1 saturated carbocycles. The van der Waals surface area contributed by atoms with E-state index in [4.69, 9.17) is 23.7 Å². The highest BCUT2D eigenvalue weighted by atomic mass is 16.6. The Labute approximate surface area is 108 Å². The summed E-state index contributed by atoms with van der Waals surface area (Å²) in [6.07, 6.45) is 3.29. The summed E-state index contributed by atoms with van der Waals surface area (Å²) in [7, 11) is 0. The molecule has 3 aliphatic rings. The topological polar surface area (TPSA) is 52.8 Å². The standard InChI is InChI=1S/C13H22O5/c1-2-10(1)3-16-11(4-14-6-12-8-17-12)5-15-7-13-9-18-13/h10-13H,1-9H2. The summed E-state index contributed by atoms with van der Waals surface area (Å²) in [6, 6.07) is 0. The third-order valence-corrected chi connectivity index (χ3v) is 3.28. The Morgan fingerprint density at radius 3 is 1.89 bits per heavy atom. The summed E-state index contributed by atoms with van der Waals surface area (Å²) in [5.74, 6) is 0.769. The maximum absolute atomic E-state index is 5.84. The van der Waals surface area contributed by atoms with E-state index < -0.39 is 0 Å². The van der Waals surface area contributed by atoms with Crippen molar-refractivity contribution >= 4 is 0 Å². The Hall–Kier alpha value is -0.200. The molecular formula is C13H22O5. The third-order valence-electron chi connectivity index (χ3n) is 3.28. The van der Waals surface area contributed by atoms with Crippen molar-refractivity contribution in [3.8, 4) is 0 Å². The first kappa shape index (κ1) is 12.8. The summed E-state index contributed by atoms with van der Waals surface area (Å²) in [5.41, 5.74) is 0. The molecule has 104 valence electrons. The van der Waals surface area contributed by atoms with Crippen LogP contribution in [0.1, 0.15) is 12.8 Å². The lowest BCUT2D eigenvalue weighted by Gasteiger charge is -2.17. The zero-order valence-corrected chi connectivity index (χ0v) is 10.7. The highest BCUT2D eigenvalue weighted by molar-refractivity contribution is 4.74. The molecule has 2 heterocycles. The minimum absolute atomic E-state index is 0.0445. The molecule has 0 amide bonds. The van der Waals surface area contributed by atoms with Gasteiger partial charge < -0.3 is 23.7 Å². The lowest BCUT2D eigenvalue weighted by molar-refractivity contribution is -0.0658. The van der Waals surface area contributed by atoms with Crippen LogP contribution in [0, 0.1) is 5.92 Å². The Balaban J connectivity index is 1.28. The van der Waals surface area contributed by atoms with E-state index in [1.807, 2.05) is 0 Å². The highest BCUT2D eigenvalue weighted by Crippen LogP contribution is 2.29. The van der Waals surface area contributed by atoms with Gasteiger partial charge in [-0.15, -0.1) is 0 Å². The molecule has 3 fully saturated rings. The molecule has 0 aromatic carbocycles. The molecule has 0 bridgehead atoms. The maximum atomic E-state index is 5.84. The summed E-state index contributed by atoms with van der Waals surface area (Å²) in [4.78, 5) is 0. The molecule has 0 spiro atoms.